The van der Waals surface area contributed by atoms with Crippen LogP contribution in [0, 0.1) is 0 Å². The molecule has 100 valence electrons. The number of aliphatic hydroxyl groups excluding tert-OH is 1. The minimum Gasteiger partial charge on any atom is -0.493 e. The van der Waals surface area contributed by atoms with Crippen LogP contribution in [0.5, 0.6) is 5.75 Å². The molecule has 0 aliphatic heterocycles. The molecule has 0 fully saturated rings. The van der Waals surface area contributed by atoms with Crippen LogP contribution in [-0.2, 0) is 6.42 Å². The van der Waals surface area contributed by atoms with Gasteiger partial charge in [-0.15, -0.1) is 0 Å². The van der Waals surface area contributed by atoms with Gasteiger partial charge in [0.15, 0.2) is 0 Å². The molecular weight excluding hydrogens is 238 g/mol. The van der Waals surface area contributed by atoms with Gasteiger partial charge >= 0.3 is 0 Å². The van der Waals surface area contributed by atoms with Gasteiger partial charge in [0.05, 0.1) is 13.2 Å². The largest absolute Gasteiger partial charge is 0.493 e. The summed E-state index contributed by atoms with van der Waals surface area (Å²) in [7, 11) is 0. The molecule has 3 heteroatoms. The zero-order valence-corrected chi connectivity index (χ0v) is 11.0. The van der Waals surface area contributed by atoms with E-state index in [0.29, 0.717) is 6.61 Å². The average Bonchev–Trinajstić information content (AvgIpc) is 2.48. The number of quaternary nitrogens is 1. The van der Waals surface area contributed by atoms with E-state index in [2.05, 4.69) is 17.9 Å². The summed E-state index contributed by atoms with van der Waals surface area (Å²) in [6.45, 7) is 0.728. The zero-order valence-electron chi connectivity index (χ0n) is 11.0. The lowest BCUT2D eigenvalue weighted by Crippen LogP contribution is -2.55. The molecule has 0 aliphatic carbocycles. The van der Waals surface area contributed by atoms with Crippen LogP contribution < -0.4 is 10.5 Å². The molecule has 0 amide bonds. The van der Waals surface area contributed by atoms with Gasteiger partial charge in [-0.25, -0.2) is 0 Å². The minimum absolute atomic E-state index is 0.0637. The molecule has 0 saturated carbocycles. The summed E-state index contributed by atoms with van der Waals surface area (Å²) in [5.74, 6) is 0.852. The van der Waals surface area contributed by atoms with Crippen molar-refractivity contribution in [1.82, 2.24) is 0 Å². The monoisotopic (exact) mass is 258 g/mol. The Hall–Kier alpha value is -1.84. The number of ether oxygens (including phenoxy) is 1. The van der Waals surface area contributed by atoms with Gasteiger partial charge in [0, 0.05) is 12.0 Å². The van der Waals surface area contributed by atoms with Crippen LogP contribution in [0.25, 0.3) is 0 Å². The Morgan fingerprint density at radius 1 is 1.00 bits per heavy atom. The van der Waals surface area contributed by atoms with Gasteiger partial charge in [-0.2, -0.15) is 0 Å². The number of rotatable bonds is 6. The third-order valence-corrected chi connectivity index (χ3v) is 3.07. The highest BCUT2D eigenvalue weighted by molar-refractivity contribution is 5.28. The van der Waals surface area contributed by atoms with E-state index in [4.69, 9.17) is 9.84 Å². The van der Waals surface area contributed by atoms with Crippen molar-refractivity contribution in [2.24, 2.45) is 0 Å². The fraction of sp³-hybridized carbons (Fsp3) is 0.250. The maximum absolute atomic E-state index is 9.03. The number of hydrogen-bond donors (Lipinski definition) is 2. The molecule has 0 spiro atoms. The van der Waals surface area contributed by atoms with Crippen molar-refractivity contribution < 1.29 is 15.6 Å². The van der Waals surface area contributed by atoms with Crippen molar-refractivity contribution in [3.8, 4) is 5.75 Å². The van der Waals surface area contributed by atoms with Crippen molar-refractivity contribution in [2.45, 2.75) is 12.5 Å². The van der Waals surface area contributed by atoms with E-state index in [-0.39, 0.29) is 12.6 Å². The first-order valence-corrected chi connectivity index (χ1v) is 6.50. The molecular formula is C16H20NO2+. The number of benzene rings is 2. The second kappa shape index (κ2) is 6.92. The third-order valence-electron chi connectivity index (χ3n) is 3.07. The Morgan fingerprint density at radius 2 is 1.68 bits per heavy atom. The summed E-state index contributed by atoms with van der Waals surface area (Å²) in [6.07, 6.45) is 0.900. The van der Waals surface area contributed by atoms with Gasteiger partial charge in [0.1, 0.15) is 11.8 Å². The van der Waals surface area contributed by atoms with Crippen molar-refractivity contribution in [3.63, 3.8) is 0 Å². The van der Waals surface area contributed by atoms with E-state index in [9.17, 15) is 0 Å². The SMILES string of the molecule is [NH3+][C@@H](CO)c1ccc(OCCc2ccccc2)cc1. The highest BCUT2D eigenvalue weighted by Crippen LogP contribution is 2.15. The third kappa shape index (κ3) is 4.09. The second-order valence-corrected chi connectivity index (χ2v) is 4.53. The lowest BCUT2D eigenvalue weighted by molar-refractivity contribution is -0.432. The summed E-state index contributed by atoms with van der Waals surface area (Å²) < 4.78 is 5.70. The number of aliphatic hydroxyl groups is 1. The van der Waals surface area contributed by atoms with Gasteiger partial charge in [-0.1, -0.05) is 30.3 Å². The summed E-state index contributed by atoms with van der Waals surface area (Å²) in [6, 6.07) is 18.0. The maximum Gasteiger partial charge on any atom is 0.133 e. The predicted octanol–water partition coefficient (Wildman–Crippen LogP) is 1.58. The van der Waals surface area contributed by atoms with Crippen LogP contribution in [0.1, 0.15) is 17.2 Å². The molecule has 3 nitrogen and oxygen atoms in total. The molecule has 2 aromatic rings. The lowest BCUT2D eigenvalue weighted by Gasteiger charge is -2.08. The average molecular weight is 258 g/mol. The standard InChI is InChI=1S/C16H19NO2/c17-16(12-18)14-6-8-15(9-7-14)19-11-10-13-4-2-1-3-5-13/h1-9,16,18H,10-12,17H2/p+1/t16-/m0/s1. The van der Waals surface area contributed by atoms with Gasteiger partial charge in [0.25, 0.3) is 0 Å². The Bertz CT molecular complexity index is 482. The summed E-state index contributed by atoms with van der Waals surface area (Å²) in [4.78, 5) is 0. The molecule has 0 aliphatic rings. The van der Waals surface area contributed by atoms with E-state index in [1.54, 1.807) is 0 Å². The Labute approximate surface area is 113 Å². The first kappa shape index (κ1) is 13.6. The number of hydrogen-bond acceptors (Lipinski definition) is 2. The smallest absolute Gasteiger partial charge is 0.133 e. The van der Waals surface area contributed by atoms with Gasteiger partial charge in [-0.05, 0) is 29.8 Å². The first-order valence-electron chi connectivity index (χ1n) is 6.50. The summed E-state index contributed by atoms with van der Waals surface area (Å²) >= 11 is 0. The molecule has 0 aromatic heterocycles. The fourth-order valence-corrected chi connectivity index (χ4v) is 1.87. The quantitative estimate of drug-likeness (QED) is 0.826. The van der Waals surface area contributed by atoms with E-state index in [1.165, 1.54) is 5.56 Å². The molecule has 4 N–H and O–H groups in total. The molecule has 0 heterocycles. The van der Waals surface area contributed by atoms with E-state index in [0.717, 1.165) is 17.7 Å². The van der Waals surface area contributed by atoms with Crippen molar-refractivity contribution in [1.29, 1.82) is 0 Å². The van der Waals surface area contributed by atoms with Crippen molar-refractivity contribution in [3.05, 3.63) is 65.7 Å². The first-order chi connectivity index (χ1) is 9.29. The normalized spacial score (nSPS) is 12.1. The Kier molecular flexibility index (Phi) is 4.95. The van der Waals surface area contributed by atoms with Gasteiger partial charge in [0.2, 0.25) is 0 Å². The van der Waals surface area contributed by atoms with Gasteiger partial charge < -0.3 is 15.6 Å². The highest BCUT2D eigenvalue weighted by atomic mass is 16.5. The molecule has 19 heavy (non-hydrogen) atoms. The molecule has 2 aromatic carbocycles. The Balaban J connectivity index is 1.83. The van der Waals surface area contributed by atoms with Crippen molar-refractivity contribution >= 4 is 0 Å². The van der Waals surface area contributed by atoms with E-state index in [1.807, 2.05) is 42.5 Å². The fourth-order valence-electron chi connectivity index (χ4n) is 1.87. The summed E-state index contributed by atoms with van der Waals surface area (Å²) in [5, 5.41) is 9.03. The van der Waals surface area contributed by atoms with E-state index >= 15 is 0 Å². The van der Waals surface area contributed by atoms with Crippen LogP contribution >= 0.6 is 0 Å². The van der Waals surface area contributed by atoms with Crippen LogP contribution in [-0.4, -0.2) is 18.3 Å². The molecule has 0 radical (unpaired) electrons. The lowest BCUT2D eigenvalue weighted by atomic mass is 10.1. The van der Waals surface area contributed by atoms with Crippen LogP contribution in [0.2, 0.25) is 0 Å². The van der Waals surface area contributed by atoms with Gasteiger partial charge in [-0.3, -0.25) is 0 Å². The summed E-state index contributed by atoms with van der Waals surface area (Å²) in [5.41, 5.74) is 6.17. The van der Waals surface area contributed by atoms with Crippen molar-refractivity contribution in [2.75, 3.05) is 13.2 Å². The molecule has 1 atom stereocenters. The van der Waals surface area contributed by atoms with Crippen LogP contribution in [0.4, 0.5) is 0 Å². The van der Waals surface area contributed by atoms with E-state index < -0.39 is 0 Å². The molecule has 0 saturated heterocycles. The molecule has 0 bridgehead atoms. The minimum atomic E-state index is -0.0710. The van der Waals surface area contributed by atoms with Crippen LogP contribution in [0.15, 0.2) is 54.6 Å². The van der Waals surface area contributed by atoms with Crippen LogP contribution in [0.3, 0.4) is 0 Å². The highest BCUT2D eigenvalue weighted by Gasteiger charge is 2.07. The topological polar surface area (TPSA) is 57.1 Å². The predicted molar refractivity (Wildman–Crippen MR) is 74.8 cm³/mol. The maximum atomic E-state index is 9.03. The Morgan fingerprint density at radius 3 is 2.32 bits per heavy atom. The molecule has 2 rings (SSSR count). The molecule has 0 unspecified atom stereocenters. The zero-order chi connectivity index (χ0) is 13.5. The second-order valence-electron chi connectivity index (χ2n) is 4.53.